The fourth-order valence-electron chi connectivity index (χ4n) is 1.49. The quantitative estimate of drug-likeness (QED) is 0.672. The molecule has 0 aliphatic heterocycles. The van der Waals surface area contributed by atoms with Crippen LogP contribution in [0.5, 0.6) is 5.75 Å². The summed E-state index contributed by atoms with van der Waals surface area (Å²) >= 11 is 11.9. The van der Waals surface area contributed by atoms with Crippen LogP contribution in [0.2, 0.25) is 10.0 Å². The first-order valence-electron chi connectivity index (χ1n) is 5.47. The fraction of sp³-hybridized carbons (Fsp3) is 0.0833. The molecule has 0 radical (unpaired) electrons. The van der Waals surface area contributed by atoms with E-state index in [9.17, 15) is 4.79 Å². The van der Waals surface area contributed by atoms with Gasteiger partial charge >= 0.3 is 0 Å². The number of nitrogens with zero attached hydrogens (tertiary/aromatic N) is 2. The second-order valence-electron chi connectivity index (χ2n) is 3.68. The molecule has 1 heterocycles. The van der Waals surface area contributed by atoms with Crippen LogP contribution in [0, 0.1) is 0 Å². The number of amides is 1. The first-order valence-corrected chi connectivity index (χ1v) is 6.23. The molecule has 2 N–H and O–H groups in total. The zero-order chi connectivity index (χ0) is 14.5. The minimum atomic E-state index is -0.411. The van der Waals surface area contributed by atoms with Gasteiger partial charge in [-0.25, -0.2) is 5.43 Å². The number of H-pyrrole nitrogens is 1. The molecule has 1 aromatic heterocycles. The molecule has 0 unspecified atom stereocenters. The predicted molar refractivity (Wildman–Crippen MR) is 76.7 cm³/mol. The Morgan fingerprint density at radius 1 is 1.50 bits per heavy atom. The maximum Gasteiger partial charge on any atom is 0.289 e. The van der Waals surface area contributed by atoms with E-state index < -0.39 is 5.91 Å². The fourth-order valence-corrected chi connectivity index (χ4v) is 2.08. The number of nitrogens with one attached hydrogen (secondary N) is 2. The molecule has 0 aliphatic rings. The largest absolute Gasteiger partial charge is 0.495 e. The third-order valence-corrected chi connectivity index (χ3v) is 2.86. The number of carbonyl (C=O) groups is 1. The molecule has 0 bridgehead atoms. The Hall–Kier alpha value is -2.05. The average Bonchev–Trinajstić information content (AvgIpc) is 2.92. The number of hydrogen-bond acceptors (Lipinski definition) is 4. The molecule has 8 heteroatoms. The van der Waals surface area contributed by atoms with E-state index >= 15 is 0 Å². The molecule has 20 heavy (non-hydrogen) atoms. The van der Waals surface area contributed by atoms with Crippen molar-refractivity contribution in [3.8, 4) is 5.75 Å². The molecule has 0 saturated heterocycles. The third kappa shape index (κ3) is 3.28. The van der Waals surface area contributed by atoms with Crippen LogP contribution in [0.1, 0.15) is 16.1 Å². The normalized spacial score (nSPS) is 10.8. The number of hydrogen-bond donors (Lipinski definition) is 2. The summed E-state index contributed by atoms with van der Waals surface area (Å²) in [4.78, 5) is 11.6. The first-order chi connectivity index (χ1) is 9.61. The number of ether oxygens (including phenoxy) is 1. The topological polar surface area (TPSA) is 79.4 Å². The molecule has 0 fully saturated rings. The molecule has 1 aromatic carbocycles. The van der Waals surface area contributed by atoms with E-state index in [-0.39, 0.29) is 0 Å². The summed E-state index contributed by atoms with van der Waals surface area (Å²) in [6.07, 6.45) is 2.86. The van der Waals surface area contributed by atoms with Crippen molar-refractivity contribution in [2.24, 2.45) is 5.10 Å². The van der Waals surface area contributed by atoms with Gasteiger partial charge < -0.3 is 4.74 Å². The Morgan fingerprint density at radius 3 is 2.95 bits per heavy atom. The average molecular weight is 313 g/mol. The van der Waals surface area contributed by atoms with Crippen molar-refractivity contribution in [1.82, 2.24) is 15.6 Å². The van der Waals surface area contributed by atoms with Gasteiger partial charge in [-0.15, -0.1) is 0 Å². The summed E-state index contributed by atoms with van der Waals surface area (Å²) < 4.78 is 5.15. The van der Waals surface area contributed by atoms with Gasteiger partial charge in [-0.05, 0) is 18.2 Å². The van der Waals surface area contributed by atoms with Gasteiger partial charge in [0.05, 0.1) is 18.3 Å². The van der Waals surface area contributed by atoms with Crippen LogP contribution in [0.15, 0.2) is 29.5 Å². The smallest absolute Gasteiger partial charge is 0.289 e. The van der Waals surface area contributed by atoms with E-state index in [4.69, 9.17) is 27.9 Å². The standard InChI is InChI=1S/C12H10Cl2N4O2/c1-20-11-7(4-8(13)5-9(11)14)6-16-18-12(19)10-2-3-15-17-10/h2-6H,1H3,(H,15,17)(H,18,19)/b16-6-. The number of aromatic amines is 1. The van der Waals surface area contributed by atoms with Crippen LogP contribution in [0.4, 0.5) is 0 Å². The number of halogens is 2. The van der Waals surface area contributed by atoms with E-state index in [0.717, 1.165) is 0 Å². The summed E-state index contributed by atoms with van der Waals surface area (Å²) in [7, 11) is 1.48. The molecule has 1 amide bonds. The molecule has 104 valence electrons. The number of methoxy groups -OCH3 is 1. The Bertz CT molecular complexity index is 641. The second kappa shape index (κ2) is 6.40. The SMILES string of the molecule is COc1c(Cl)cc(Cl)cc1/C=N\NC(=O)c1ccn[nH]1. The minimum absolute atomic E-state index is 0.304. The molecule has 0 saturated carbocycles. The van der Waals surface area contributed by atoms with Crippen LogP contribution < -0.4 is 10.2 Å². The Kier molecular flexibility index (Phi) is 4.60. The monoisotopic (exact) mass is 312 g/mol. The highest BCUT2D eigenvalue weighted by Crippen LogP contribution is 2.30. The highest BCUT2D eigenvalue weighted by molar-refractivity contribution is 6.36. The molecule has 2 rings (SSSR count). The molecule has 2 aromatic rings. The highest BCUT2D eigenvalue weighted by Gasteiger charge is 2.09. The first kappa shape index (κ1) is 14.4. The zero-order valence-corrected chi connectivity index (χ0v) is 11.9. The van der Waals surface area contributed by atoms with Gasteiger partial charge in [0.15, 0.2) is 0 Å². The van der Waals surface area contributed by atoms with Crippen LogP contribution in [-0.4, -0.2) is 29.4 Å². The van der Waals surface area contributed by atoms with Crippen LogP contribution in [-0.2, 0) is 0 Å². The van der Waals surface area contributed by atoms with E-state index in [0.29, 0.717) is 27.1 Å². The van der Waals surface area contributed by atoms with E-state index in [1.807, 2.05) is 0 Å². The van der Waals surface area contributed by atoms with E-state index in [1.165, 1.54) is 25.6 Å². The van der Waals surface area contributed by atoms with Gasteiger partial charge in [-0.2, -0.15) is 10.2 Å². The summed E-state index contributed by atoms with van der Waals surface area (Å²) in [5, 5.41) is 10.8. The van der Waals surface area contributed by atoms with Crippen molar-refractivity contribution < 1.29 is 9.53 Å². The maximum absolute atomic E-state index is 11.6. The van der Waals surface area contributed by atoms with E-state index in [2.05, 4.69) is 20.7 Å². The summed E-state index contributed by atoms with van der Waals surface area (Å²) in [5.41, 5.74) is 3.20. The Labute approximate surface area is 124 Å². The lowest BCUT2D eigenvalue weighted by Crippen LogP contribution is -2.18. The van der Waals surface area contributed by atoms with Crippen molar-refractivity contribution in [2.45, 2.75) is 0 Å². The van der Waals surface area contributed by atoms with Gasteiger partial charge in [0.25, 0.3) is 5.91 Å². The van der Waals surface area contributed by atoms with Crippen molar-refractivity contribution in [1.29, 1.82) is 0 Å². The summed E-state index contributed by atoms with van der Waals surface area (Å²) in [6, 6.07) is 4.71. The number of carbonyl (C=O) groups excluding carboxylic acids is 1. The molecular formula is C12H10Cl2N4O2. The van der Waals surface area contributed by atoms with Crippen molar-refractivity contribution >= 4 is 35.3 Å². The number of rotatable bonds is 4. The van der Waals surface area contributed by atoms with Crippen LogP contribution in [0.25, 0.3) is 0 Å². The van der Waals surface area contributed by atoms with Crippen molar-refractivity contribution in [3.05, 3.63) is 45.7 Å². The Morgan fingerprint density at radius 2 is 2.30 bits per heavy atom. The number of hydrazone groups is 1. The lowest BCUT2D eigenvalue weighted by molar-refractivity contribution is 0.0950. The maximum atomic E-state index is 11.6. The van der Waals surface area contributed by atoms with E-state index in [1.54, 1.807) is 12.1 Å². The molecule has 6 nitrogen and oxygen atoms in total. The molecular weight excluding hydrogens is 303 g/mol. The predicted octanol–water partition coefficient (Wildman–Crippen LogP) is 2.49. The van der Waals surface area contributed by atoms with Gasteiger partial charge in [0.1, 0.15) is 11.4 Å². The lowest BCUT2D eigenvalue weighted by Gasteiger charge is -2.07. The highest BCUT2D eigenvalue weighted by atomic mass is 35.5. The van der Waals surface area contributed by atoms with Crippen LogP contribution >= 0.6 is 23.2 Å². The number of aromatic nitrogens is 2. The van der Waals surface area contributed by atoms with Crippen molar-refractivity contribution in [2.75, 3.05) is 7.11 Å². The lowest BCUT2D eigenvalue weighted by atomic mass is 10.2. The van der Waals surface area contributed by atoms with Crippen molar-refractivity contribution in [3.63, 3.8) is 0 Å². The van der Waals surface area contributed by atoms with Gasteiger partial charge in [-0.3, -0.25) is 9.89 Å². The number of benzene rings is 1. The van der Waals surface area contributed by atoms with Gasteiger partial charge in [0, 0.05) is 16.8 Å². The summed E-state index contributed by atoms with van der Waals surface area (Å²) in [5.74, 6) is 0.0152. The third-order valence-electron chi connectivity index (χ3n) is 2.36. The molecule has 0 aliphatic carbocycles. The molecule has 0 spiro atoms. The zero-order valence-electron chi connectivity index (χ0n) is 10.4. The van der Waals surface area contributed by atoms with Gasteiger partial charge in [-0.1, -0.05) is 23.2 Å². The Balaban J connectivity index is 2.14. The second-order valence-corrected chi connectivity index (χ2v) is 4.52. The minimum Gasteiger partial charge on any atom is -0.495 e. The van der Waals surface area contributed by atoms with Crippen LogP contribution in [0.3, 0.4) is 0 Å². The molecule has 0 atom stereocenters. The van der Waals surface area contributed by atoms with Gasteiger partial charge in [0.2, 0.25) is 0 Å². The summed E-state index contributed by atoms with van der Waals surface area (Å²) in [6.45, 7) is 0.